The first-order chi connectivity index (χ1) is 8.29. The maximum atomic E-state index is 5.84. The van der Waals surface area contributed by atoms with E-state index in [1.165, 1.54) is 36.8 Å². The molecule has 3 rings (SSSR count). The molecule has 2 nitrogen and oxygen atoms in total. The second-order valence-corrected chi connectivity index (χ2v) is 5.84. The van der Waals surface area contributed by atoms with Crippen molar-refractivity contribution in [2.45, 2.75) is 38.6 Å². The van der Waals surface area contributed by atoms with Crippen molar-refractivity contribution in [1.29, 1.82) is 0 Å². The molecule has 0 radical (unpaired) electrons. The van der Waals surface area contributed by atoms with Gasteiger partial charge in [-0.2, -0.15) is 0 Å². The van der Waals surface area contributed by atoms with Gasteiger partial charge in [0, 0.05) is 6.04 Å². The fourth-order valence-corrected chi connectivity index (χ4v) is 4.08. The van der Waals surface area contributed by atoms with E-state index in [0.717, 1.165) is 17.8 Å². The first-order valence-corrected chi connectivity index (χ1v) is 6.81. The Kier molecular flexibility index (Phi) is 2.93. The minimum absolute atomic E-state index is 0.353. The van der Waals surface area contributed by atoms with E-state index >= 15 is 0 Å². The summed E-state index contributed by atoms with van der Waals surface area (Å²) in [6.07, 6.45) is 5.67. The molecular weight excluding hydrogens is 208 g/mol. The lowest BCUT2D eigenvalue weighted by Gasteiger charge is -2.31. The molecule has 0 saturated heterocycles. The van der Waals surface area contributed by atoms with Gasteiger partial charge in [0.05, 0.1) is 0 Å². The van der Waals surface area contributed by atoms with Crippen molar-refractivity contribution < 1.29 is 0 Å². The topological polar surface area (TPSA) is 38.0 Å². The summed E-state index contributed by atoms with van der Waals surface area (Å²) in [5, 5.41) is 0. The van der Waals surface area contributed by atoms with Crippen LogP contribution in [0.1, 0.15) is 42.9 Å². The number of fused-ring (bicyclic) bond motifs is 2. The van der Waals surface area contributed by atoms with Crippen LogP contribution in [-0.4, -0.2) is 0 Å². The molecule has 2 aliphatic carbocycles. The molecule has 2 bridgehead atoms. The first-order valence-electron chi connectivity index (χ1n) is 6.81. The van der Waals surface area contributed by atoms with Gasteiger partial charge in [0.1, 0.15) is 0 Å². The van der Waals surface area contributed by atoms with Crippen LogP contribution in [0.3, 0.4) is 0 Å². The van der Waals surface area contributed by atoms with Crippen LogP contribution < -0.4 is 11.3 Å². The van der Waals surface area contributed by atoms with E-state index in [4.69, 9.17) is 5.84 Å². The van der Waals surface area contributed by atoms with E-state index in [9.17, 15) is 0 Å². The molecule has 2 aliphatic rings. The molecule has 3 N–H and O–H groups in total. The molecule has 92 valence electrons. The molecule has 17 heavy (non-hydrogen) atoms. The number of benzene rings is 1. The molecule has 4 atom stereocenters. The van der Waals surface area contributed by atoms with Crippen LogP contribution in [0.25, 0.3) is 0 Å². The first kappa shape index (κ1) is 11.2. The summed E-state index contributed by atoms with van der Waals surface area (Å²) < 4.78 is 0. The summed E-state index contributed by atoms with van der Waals surface area (Å²) in [4.78, 5) is 0. The molecule has 2 fully saturated rings. The Hall–Kier alpha value is -0.860. The van der Waals surface area contributed by atoms with Gasteiger partial charge in [0.15, 0.2) is 0 Å². The summed E-state index contributed by atoms with van der Waals surface area (Å²) in [6, 6.07) is 9.00. The molecule has 1 aromatic rings. The lowest BCUT2D eigenvalue weighted by atomic mass is 9.80. The molecule has 0 aliphatic heterocycles. The van der Waals surface area contributed by atoms with Gasteiger partial charge in [-0.15, -0.1) is 0 Å². The van der Waals surface area contributed by atoms with Gasteiger partial charge in [-0.3, -0.25) is 11.3 Å². The molecule has 0 aromatic heterocycles. The number of rotatable bonds is 3. The van der Waals surface area contributed by atoms with E-state index < -0.39 is 0 Å². The largest absolute Gasteiger partial charge is 0.271 e. The van der Waals surface area contributed by atoms with Gasteiger partial charge in [0.2, 0.25) is 0 Å². The Labute approximate surface area is 104 Å². The third-order valence-corrected chi connectivity index (χ3v) is 4.92. The monoisotopic (exact) mass is 230 g/mol. The number of nitrogens with two attached hydrogens (primary N) is 1. The van der Waals surface area contributed by atoms with E-state index in [2.05, 4.69) is 36.6 Å². The molecular formula is C15H22N2. The second-order valence-electron chi connectivity index (χ2n) is 5.84. The number of aryl methyl sites for hydroxylation is 1. The summed E-state index contributed by atoms with van der Waals surface area (Å²) >= 11 is 0. The Balaban J connectivity index is 1.87. The van der Waals surface area contributed by atoms with Gasteiger partial charge >= 0.3 is 0 Å². The number of hydrazine groups is 1. The highest BCUT2D eigenvalue weighted by Gasteiger charge is 2.43. The summed E-state index contributed by atoms with van der Waals surface area (Å²) in [6.45, 7) is 2.19. The minimum atomic E-state index is 0.353. The van der Waals surface area contributed by atoms with Crippen molar-refractivity contribution in [3.05, 3.63) is 35.4 Å². The molecule has 2 saturated carbocycles. The van der Waals surface area contributed by atoms with Gasteiger partial charge in [-0.25, -0.2) is 0 Å². The van der Waals surface area contributed by atoms with Crippen molar-refractivity contribution in [3.63, 3.8) is 0 Å². The van der Waals surface area contributed by atoms with Crippen LogP contribution in [0.15, 0.2) is 24.3 Å². The van der Waals surface area contributed by atoms with Crippen LogP contribution in [-0.2, 0) is 0 Å². The lowest BCUT2D eigenvalue weighted by molar-refractivity contribution is 0.251. The highest BCUT2D eigenvalue weighted by Crippen LogP contribution is 2.52. The summed E-state index contributed by atoms with van der Waals surface area (Å²) in [5.41, 5.74) is 5.84. The fourth-order valence-electron chi connectivity index (χ4n) is 4.08. The highest BCUT2D eigenvalue weighted by molar-refractivity contribution is 5.29. The summed E-state index contributed by atoms with van der Waals surface area (Å²) in [7, 11) is 0. The minimum Gasteiger partial charge on any atom is -0.271 e. The second kappa shape index (κ2) is 4.43. The molecule has 0 spiro atoms. The number of hydrogen-bond donors (Lipinski definition) is 2. The SMILES string of the molecule is Cc1ccccc1C(NN)C1CC2CCC1C2. The Morgan fingerprint density at radius 3 is 2.65 bits per heavy atom. The molecule has 0 amide bonds. The van der Waals surface area contributed by atoms with Crippen LogP contribution in [0.2, 0.25) is 0 Å². The van der Waals surface area contributed by atoms with E-state index in [1.54, 1.807) is 0 Å². The maximum Gasteiger partial charge on any atom is 0.0493 e. The average molecular weight is 230 g/mol. The zero-order valence-electron chi connectivity index (χ0n) is 10.5. The van der Waals surface area contributed by atoms with Gasteiger partial charge < -0.3 is 0 Å². The standard InChI is InChI=1S/C15H22N2/c1-10-4-2-3-5-13(10)15(17-16)14-9-11-6-7-12(14)8-11/h2-5,11-12,14-15,17H,6-9,16H2,1H3. The number of nitrogens with one attached hydrogen (secondary N) is 1. The Morgan fingerprint density at radius 2 is 2.06 bits per heavy atom. The predicted molar refractivity (Wildman–Crippen MR) is 70.2 cm³/mol. The van der Waals surface area contributed by atoms with Crippen molar-refractivity contribution in [3.8, 4) is 0 Å². The van der Waals surface area contributed by atoms with Crippen LogP contribution >= 0.6 is 0 Å². The van der Waals surface area contributed by atoms with Gasteiger partial charge in [-0.05, 0) is 55.1 Å². The maximum absolute atomic E-state index is 5.84. The van der Waals surface area contributed by atoms with Crippen LogP contribution in [0, 0.1) is 24.7 Å². The molecule has 2 heteroatoms. The van der Waals surface area contributed by atoms with Crippen molar-refractivity contribution in [2.75, 3.05) is 0 Å². The van der Waals surface area contributed by atoms with E-state index in [-0.39, 0.29) is 0 Å². The Morgan fingerprint density at radius 1 is 1.24 bits per heavy atom. The average Bonchev–Trinajstić information content (AvgIpc) is 2.95. The van der Waals surface area contributed by atoms with Crippen molar-refractivity contribution in [1.82, 2.24) is 5.43 Å². The molecule has 0 heterocycles. The lowest BCUT2D eigenvalue weighted by Crippen LogP contribution is -2.36. The normalized spacial score (nSPS) is 32.9. The van der Waals surface area contributed by atoms with Gasteiger partial charge in [0.25, 0.3) is 0 Å². The summed E-state index contributed by atoms with van der Waals surface area (Å²) in [5.74, 6) is 8.47. The quantitative estimate of drug-likeness (QED) is 0.619. The van der Waals surface area contributed by atoms with E-state index in [0.29, 0.717) is 6.04 Å². The third kappa shape index (κ3) is 1.90. The zero-order valence-corrected chi connectivity index (χ0v) is 10.5. The highest BCUT2D eigenvalue weighted by atomic mass is 15.2. The number of hydrogen-bond acceptors (Lipinski definition) is 2. The predicted octanol–water partition coefficient (Wildman–Crippen LogP) is 2.94. The van der Waals surface area contributed by atoms with Crippen LogP contribution in [0.5, 0.6) is 0 Å². The smallest absolute Gasteiger partial charge is 0.0493 e. The third-order valence-electron chi connectivity index (χ3n) is 4.92. The van der Waals surface area contributed by atoms with Crippen LogP contribution in [0.4, 0.5) is 0 Å². The van der Waals surface area contributed by atoms with E-state index in [1.807, 2.05) is 0 Å². The molecule has 4 unspecified atom stereocenters. The molecule has 1 aromatic carbocycles. The fraction of sp³-hybridized carbons (Fsp3) is 0.600. The van der Waals surface area contributed by atoms with Crippen molar-refractivity contribution >= 4 is 0 Å². The Bertz CT molecular complexity index is 402. The zero-order chi connectivity index (χ0) is 11.8. The van der Waals surface area contributed by atoms with Gasteiger partial charge in [-0.1, -0.05) is 30.7 Å². The van der Waals surface area contributed by atoms with Crippen molar-refractivity contribution in [2.24, 2.45) is 23.6 Å².